The lowest BCUT2D eigenvalue weighted by Gasteiger charge is -2.10. The quantitative estimate of drug-likeness (QED) is 0.650. The molecule has 2 aromatic rings. The minimum Gasteiger partial charge on any atom is -0.118 e. The van der Waals surface area contributed by atoms with Crippen LogP contribution in [0.5, 0.6) is 0 Å². The van der Waals surface area contributed by atoms with Crippen molar-refractivity contribution in [2.24, 2.45) is 0 Å². The SMILES string of the molecule is CCc1cccc(CCC(Cl)c2ccccc2)c1. The fraction of sp³-hybridized carbons (Fsp3) is 0.294. The molecule has 0 saturated carbocycles. The van der Waals surface area contributed by atoms with E-state index < -0.39 is 0 Å². The van der Waals surface area contributed by atoms with Gasteiger partial charge in [-0.2, -0.15) is 0 Å². The number of hydrogen-bond acceptors (Lipinski definition) is 0. The number of aryl methyl sites for hydroxylation is 2. The van der Waals surface area contributed by atoms with Crippen molar-refractivity contribution in [3.8, 4) is 0 Å². The first-order valence-corrected chi connectivity index (χ1v) is 7.00. The summed E-state index contributed by atoms with van der Waals surface area (Å²) in [4.78, 5) is 0. The molecular formula is C17H19Cl. The van der Waals surface area contributed by atoms with Crippen LogP contribution in [0.15, 0.2) is 54.6 Å². The molecule has 1 unspecified atom stereocenters. The van der Waals surface area contributed by atoms with E-state index in [2.05, 4.69) is 43.3 Å². The van der Waals surface area contributed by atoms with Gasteiger partial charge in [0, 0.05) is 0 Å². The predicted molar refractivity (Wildman–Crippen MR) is 79.2 cm³/mol. The summed E-state index contributed by atoms with van der Waals surface area (Å²) in [7, 11) is 0. The number of rotatable bonds is 5. The Morgan fingerprint density at radius 1 is 0.944 bits per heavy atom. The first-order chi connectivity index (χ1) is 8.79. The second-order valence-corrected chi connectivity index (χ2v) is 5.12. The van der Waals surface area contributed by atoms with Crippen molar-refractivity contribution in [3.63, 3.8) is 0 Å². The monoisotopic (exact) mass is 258 g/mol. The van der Waals surface area contributed by atoms with E-state index in [1.165, 1.54) is 16.7 Å². The van der Waals surface area contributed by atoms with E-state index in [0.717, 1.165) is 19.3 Å². The van der Waals surface area contributed by atoms with Crippen LogP contribution in [0.25, 0.3) is 0 Å². The van der Waals surface area contributed by atoms with Crippen LogP contribution >= 0.6 is 11.6 Å². The summed E-state index contributed by atoms with van der Waals surface area (Å²) in [5.74, 6) is 0. The van der Waals surface area contributed by atoms with Crippen LogP contribution in [0.4, 0.5) is 0 Å². The zero-order valence-electron chi connectivity index (χ0n) is 10.8. The van der Waals surface area contributed by atoms with E-state index in [1.54, 1.807) is 0 Å². The van der Waals surface area contributed by atoms with Gasteiger partial charge in [-0.05, 0) is 36.0 Å². The average molecular weight is 259 g/mol. The van der Waals surface area contributed by atoms with E-state index in [9.17, 15) is 0 Å². The van der Waals surface area contributed by atoms with Gasteiger partial charge in [-0.3, -0.25) is 0 Å². The Hall–Kier alpha value is -1.27. The third-order valence-corrected chi connectivity index (χ3v) is 3.72. The highest BCUT2D eigenvalue weighted by Gasteiger charge is 2.07. The highest BCUT2D eigenvalue weighted by atomic mass is 35.5. The second kappa shape index (κ2) is 6.61. The topological polar surface area (TPSA) is 0 Å². The molecule has 2 aromatic carbocycles. The molecule has 0 aliphatic carbocycles. The standard InChI is InChI=1S/C17H19Cl/c1-2-14-7-6-8-15(13-14)11-12-17(18)16-9-4-3-5-10-16/h3-10,13,17H,2,11-12H2,1H3. The third-order valence-electron chi connectivity index (χ3n) is 3.25. The smallest absolute Gasteiger partial charge is 0.0588 e. The Balaban J connectivity index is 1.95. The predicted octanol–water partition coefficient (Wildman–Crippen LogP) is 5.16. The van der Waals surface area contributed by atoms with E-state index in [-0.39, 0.29) is 5.38 Å². The molecule has 0 amide bonds. The Kier molecular flexibility index (Phi) is 4.83. The van der Waals surface area contributed by atoms with Gasteiger partial charge < -0.3 is 0 Å². The summed E-state index contributed by atoms with van der Waals surface area (Å²) < 4.78 is 0. The van der Waals surface area contributed by atoms with Gasteiger partial charge in [-0.15, -0.1) is 11.6 Å². The summed E-state index contributed by atoms with van der Waals surface area (Å²) in [5, 5.41) is 0.108. The van der Waals surface area contributed by atoms with Crippen molar-refractivity contribution < 1.29 is 0 Å². The van der Waals surface area contributed by atoms with Crippen LogP contribution in [-0.4, -0.2) is 0 Å². The molecule has 18 heavy (non-hydrogen) atoms. The van der Waals surface area contributed by atoms with Gasteiger partial charge in [-0.1, -0.05) is 61.5 Å². The third kappa shape index (κ3) is 3.61. The fourth-order valence-electron chi connectivity index (χ4n) is 2.13. The molecule has 0 bridgehead atoms. The molecule has 0 aromatic heterocycles. The van der Waals surface area contributed by atoms with Crippen molar-refractivity contribution in [1.29, 1.82) is 0 Å². The minimum absolute atomic E-state index is 0.108. The molecule has 94 valence electrons. The Labute approximate surface area is 115 Å². The lowest BCUT2D eigenvalue weighted by Crippen LogP contribution is -1.94. The molecule has 0 saturated heterocycles. The highest BCUT2D eigenvalue weighted by Crippen LogP contribution is 2.25. The van der Waals surface area contributed by atoms with E-state index >= 15 is 0 Å². The fourth-order valence-corrected chi connectivity index (χ4v) is 2.38. The lowest BCUT2D eigenvalue weighted by atomic mass is 10.0. The normalized spacial score (nSPS) is 12.3. The maximum absolute atomic E-state index is 6.43. The highest BCUT2D eigenvalue weighted by molar-refractivity contribution is 6.20. The number of hydrogen-bond donors (Lipinski definition) is 0. The van der Waals surface area contributed by atoms with E-state index in [1.807, 2.05) is 18.2 Å². The molecule has 0 nitrogen and oxygen atoms in total. The van der Waals surface area contributed by atoms with Gasteiger partial charge >= 0.3 is 0 Å². The maximum atomic E-state index is 6.43. The summed E-state index contributed by atoms with van der Waals surface area (Å²) in [6.45, 7) is 2.19. The van der Waals surface area contributed by atoms with Crippen molar-refractivity contribution in [2.45, 2.75) is 31.6 Å². The van der Waals surface area contributed by atoms with Crippen molar-refractivity contribution in [1.82, 2.24) is 0 Å². The number of halogens is 1. The molecule has 0 spiro atoms. The van der Waals surface area contributed by atoms with Gasteiger partial charge in [0.25, 0.3) is 0 Å². The molecule has 0 radical (unpaired) electrons. The van der Waals surface area contributed by atoms with E-state index in [4.69, 9.17) is 11.6 Å². The molecule has 0 aliphatic rings. The van der Waals surface area contributed by atoms with Crippen molar-refractivity contribution >= 4 is 11.6 Å². The lowest BCUT2D eigenvalue weighted by molar-refractivity contribution is 0.792. The largest absolute Gasteiger partial charge is 0.118 e. The maximum Gasteiger partial charge on any atom is 0.0588 e. The molecule has 0 heterocycles. The Bertz CT molecular complexity index is 476. The van der Waals surface area contributed by atoms with Crippen molar-refractivity contribution in [3.05, 3.63) is 71.3 Å². The van der Waals surface area contributed by atoms with E-state index in [0.29, 0.717) is 0 Å². The van der Waals surface area contributed by atoms with Gasteiger partial charge in [0.1, 0.15) is 0 Å². The number of benzene rings is 2. The zero-order chi connectivity index (χ0) is 12.8. The van der Waals surface area contributed by atoms with Gasteiger partial charge in [0.2, 0.25) is 0 Å². The van der Waals surface area contributed by atoms with Gasteiger partial charge in [-0.25, -0.2) is 0 Å². The molecule has 0 N–H and O–H groups in total. The van der Waals surface area contributed by atoms with Crippen LogP contribution in [0, 0.1) is 0 Å². The van der Waals surface area contributed by atoms with Crippen LogP contribution < -0.4 is 0 Å². The van der Waals surface area contributed by atoms with Crippen LogP contribution in [0.2, 0.25) is 0 Å². The molecule has 0 aliphatic heterocycles. The molecular weight excluding hydrogens is 240 g/mol. The van der Waals surface area contributed by atoms with Crippen LogP contribution in [0.1, 0.15) is 35.4 Å². The zero-order valence-corrected chi connectivity index (χ0v) is 11.5. The Morgan fingerprint density at radius 2 is 1.67 bits per heavy atom. The first kappa shape index (κ1) is 13.2. The Morgan fingerprint density at radius 3 is 2.39 bits per heavy atom. The summed E-state index contributed by atoms with van der Waals surface area (Å²) >= 11 is 6.43. The molecule has 1 heteroatoms. The second-order valence-electron chi connectivity index (χ2n) is 4.59. The molecule has 1 atom stereocenters. The van der Waals surface area contributed by atoms with Crippen LogP contribution in [-0.2, 0) is 12.8 Å². The molecule has 0 fully saturated rings. The average Bonchev–Trinajstić information content (AvgIpc) is 2.46. The minimum atomic E-state index is 0.108. The van der Waals surface area contributed by atoms with Crippen molar-refractivity contribution in [2.75, 3.05) is 0 Å². The summed E-state index contributed by atoms with van der Waals surface area (Å²) in [6, 6.07) is 19.1. The van der Waals surface area contributed by atoms with Gasteiger partial charge in [0.05, 0.1) is 5.38 Å². The van der Waals surface area contributed by atoms with Crippen LogP contribution in [0.3, 0.4) is 0 Å². The van der Waals surface area contributed by atoms with Gasteiger partial charge in [0.15, 0.2) is 0 Å². The summed E-state index contributed by atoms with van der Waals surface area (Å²) in [5.41, 5.74) is 4.00. The summed E-state index contributed by atoms with van der Waals surface area (Å²) in [6.07, 6.45) is 3.12. The number of alkyl halides is 1. The molecule has 2 rings (SSSR count). The first-order valence-electron chi connectivity index (χ1n) is 6.56.